The van der Waals surface area contributed by atoms with Crippen molar-refractivity contribution in [2.75, 3.05) is 11.4 Å². The van der Waals surface area contributed by atoms with E-state index in [2.05, 4.69) is 16.0 Å². The zero-order valence-corrected chi connectivity index (χ0v) is 11.9. The molecule has 0 fully saturated rings. The summed E-state index contributed by atoms with van der Waals surface area (Å²) in [6, 6.07) is 6.74. The summed E-state index contributed by atoms with van der Waals surface area (Å²) in [6.07, 6.45) is 1.80. The number of fused-ring (bicyclic) bond motifs is 1. The van der Waals surface area contributed by atoms with Crippen LogP contribution >= 0.6 is 0 Å². The van der Waals surface area contributed by atoms with Crippen molar-refractivity contribution in [3.8, 4) is 6.07 Å². The van der Waals surface area contributed by atoms with Crippen LogP contribution in [0.5, 0.6) is 0 Å². The van der Waals surface area contributed by atoms with Crippen LogP contribution in [0.25, 0.3) is 10.9 Å². The smallest absolute Gasteiger partial charge is 0.270 e. The number of nitro groups is 1. The second kappa shape index (κ2) is 6.13. The topological polar surface area (TPSA) is 96.0 Å². The van der Waals surface area contributed by atoms with Crippen molar-refractivity contribution in [2.45, 2.75) is 26.3 Å². The van der Waals surface area contributed by atoms with Crippen LogP contribution in [0, 0.1) is 21.4 Å². The molecule has 0 N–H and O–H groups in total. The third-order valence-corrected chi connectivity index (χ3v) is 3.17. The van der Waals surface area contributed by atoms with Gasteiger partial charge in [0.1, 0.15) is 12.1 Å². The van der Waals surface area contributed by atoms with E-state index in [0.29, 0.717) is 29.7 Å². The van der Waals surface area contributed by atoms with Crippen molar-refractivity contribution in [3.63, 3.8) is 0 Å². The Morgan fingerprint density at radius 1 is 1.43 bits per heavy atom. The molecule has 2 rings (SSSR count). The Morgan fingerprint density at radius 2 is 2.19 bits per heavy atom. The van der Waals surface area contributed by atoms with Gasteiger partial charge in [0.25, 0.3) is 5.69 Å². The summed E-state index contributed by atoms with van der Waals surface area (Å²) in [7, 11) is 0. The normalized spacial score (nSPS) is 10.6. The molecule has 7 heteroatoms. The predicted molar refractivity (Wildman–Crippen MR) is 78.9 cm³/mol. The molecule has 2 aromatic rings. The highest BCUT2D eigenvalue weighted by Gasteiger charge is 2.17. The second-order valence-electron chi connectivity index (χ2n) is 4.85. The second-order valence-corrected chi connectivity index (χ2v) is 4.85. The third kappa shape index (κ3) is 3.05. The molecule has 0 saturated heterocycles. The molecule has 0 saturated carbocycles. The summed E-state index contributed by atoms with van der Waals surface area (Å²) in [5.74, 6) is 0.619. The van der Waals surface area contributed by atoms with Crippen LogP contribution in [0.4, 0.5) is 11.5 Å². The molecule has 108 valence electrons. The molecule has 0 radical (unpaired) electrons. The van der Waals surface area contributed by atoms with Gasteiger partial charge in [0, 0.05) is 30.1 Å². The van der Waals surface area contributed by atoms with Crippen molar-refractivity contribution in [1.29, 1.82) is 5.26 Å². The Labute approximate surface area is 122 Å². The average Bonchev–Trinajstić information content (AvgIpc) is 2.46. The Balaban J connectivity index is 2.58. The fraction of sp³-hybridized carbons (Fsp3) is 0.357. The highest BCUT2D eigenvalue weighted by molar-refractivity contribution is 5.91. The van der Waals surface area contributed by atoms with Crippen molar-refractivity contribution in [3.05, 3.63) is 34.6 Å². The number of nitriles is 1. The Hall–Kier alpha value is -2.75. The lowest BCUT2D eigenvalue weighted by Crippen LogP contribution is -2.32. The molecule has 1 aromatic carbocycles. The van der Waals surface area contributed by atoms with E-state index in [1.165, 1.54) is 18.5 Å². The summed E-state index contributed by atoms with van der Waals surface area (Å²) in [5, 5.41) is 20.3. The van der Waals surface area contributed by atoms with Gasteiger partial charge in [-0.2, -0.15) is 5.26 Å². The van der Waals surface area contributed by atoms with E-state index in [0.717, 1.165) is 0 Å². The summed E-state index contributed by atoms with van der Waals surface area (Å²) in [5.41, 5.74) is 0.649. The minimum Gasteiger partial charge on any atom is -0.353 e. The largest absolute Gasteiger partial charge is 0.353 e. The maximum absolute atomic E-state index is 10.9. The number of nitro benzene ring substituents is 1. The monoisotopic (exact) mass is 285 g/mol. The van der Waals surface area contributed by atoms with Gasteiger partial charge >= 0.3 is 0 Å². The first-order valence-electron chi connectivity index (χ1n) is 6.57. The minimum atomic E-state index is -0.439. The number of nitrogens with zero attached hydrogens (tertiary/aromatic N) is 5. The Kier molecular flexibility index (Phi) is 4.28. The van der Waals surface area contributed by atoms with E-state index in [1.54, 1.807) is 6.07 Å². The number of non-ortho nitro benzene ring substituents is 1. The summed E-state index contributed by atoms with van der Waals surface area (Å²) < 4.78 is 0. The molecule has 0 aliphatic rings. The fourth-order valence-corrected chi connectivity index (χ4v) is 2.15. The molecule has 1 heterocycles. The van der Waals surface area contributed by atoms with Crippen LogP contribution < -0.4 is 4.90 Å². The molecule has 21 heavy (non-hydrogen) atoms. The van der Waals surface area contributed by atoms with Gasteiger partial charge in [0.15, 0.2) is 0 Å². The van der Waals surface area contributed by atoms with E-state index < -0.39 is 4.92 Å². The maximum atomic E-state index is 10.9. The highest BCUT2D eigenvalue weighted by atomic mass is 16.6. The molecule has 0 spiro atoms. The lowest BCUT2D eigenvalue weighted by atomic mass is 10.2. The van der Waals surface area contributed by atoms with Gasteiger partial charge in [-0.25, -0.2) is 9.97 Å². The summed E-state index contributed by atoms with van der Waals surface area (Å²) in [6.45, 7) is 4.49. The van der Waals surface area contributed by atoms with Crippen molar-refractivity contribution in [2.24, 2.45) is 0 Å². The SMILES string of the molecule is CC(C)N(CCC#N)c1ncnc2ccc([N+](=O)[O-])cc12. The molecule has 1 aromatic heterocycles. The maximum Gasteiger partial charge on any atom is 0.270 e. The standard InChI is InChI=1S/C14H15N5O2/c1-10(2)18(7-3-6-15)14-12-8-11(19(20)21)4-5-13(12)16-9-17-14/h4-5,8-10H,3,7H2,1-2H3. The lowest BCUT2D eigenvalue weighted by Gasteiger charge is -2.27. The molecule has 0 unspecified atom stereocenters. The molecule has 0 atom stereocenters. The number of aromatic nitrogens is 2. The lowest BCUT2D eigenvalue weighted by molar-refractivity contribution is -0.384. The molecule has 0 aliphatic heterocycles. The average molecular weight is 285 g/mol. The van der Waals surface area contributed by atoms with Gasteiger partial charge < -0.3 is 4.90 Å². The number of hydrogen-bond acceptors (Lipinski definition) is 6. The first kappa shape index (κ1) is 14.7. The predicted octanol–water partition coefficient (Wildman–Crippen LogP) is 2.67. The van der Waals surface area contributed by atoms with Crippen LogP contribution in [0.15, 0.2) is 24.5 Å². The Bertz CT molecular complexity index is 708. The zero-order chi connectivity index (χ0) is 15.4. The zero-order valence-electron chi connectivity index (χ0n) is 11.9. The van der Waals surface area contributed by atoms with Crippen molar-refractivity contribution >= 4 is 22.4 Å². The van der Waals surface area contributed by atoms with E-state index in [9.17, 15) is 10.1 Å². The molecular weight excluding hydrogens is 270 g/mol. The molecule has 0 amide bonds. The minimum absolute atomic E-state index is 0.00235. The van der Waals surface area contributed by atoms with Crippen molar-refractivity contribution < 1.29 is 4.92 Å². The van der Waals surface area contributed by atoms with Gasteiger partial charge in [-0.1, -0.05) is 0 Å². The van der Waals surface area contributed by atoms with Crippen molar-refractivity contribution in [1.82, 2.24) is 9.97 Å². The van der Waals surface area contributed by atoms with E-state index >= 15 is 0 Å². The molecule has 7 nitrogen and oxygen atoms in total. The first-order valence-corrected chi connectivity index (χ1v) is 6.57. The van der Waals surface area contributed by atoms with Crippen LogP contribution in [0.1, 0.15) is 20.3 Å². The number of benzene rings is 1. The van der Waals surface area contributed by atoms with Crippen LogP contribution in [-0.2, 0) is 0 Å². The quantitative estimate of drug-likeness (QED) is 0.619. The summed E-state index contributed by atoms with van der Waals surface area (Å²) >= 11 is 0. The Morgan fingerprint density at radius 3 is 2.81 bits per heavy atom. The number of rotatable bonds is 5. The van der Waals surface area contributed by atoms with Crippen LogP contribution in [0.3, 0.4) is 0 Å². The van der Waals surface area contributed by atoms with Gasteiger partial charge in [0.2, 0.25) is 0 Å². The molecule has 0 aliphatic carbocycles. The van der Waals surface area contributed by atoms with Crippen LogP contribution in [-0.4, -0.2) is 27.5 Å². The number of anilines is 1. The van der Waals surface area contributed by atoms with Crippen LogP contribution in [0.2, 0.25) is 0 Å². The van der Waals surface area contributed by atoms with Gasteiger partial charge in [0.05, 0.1) is 22.9 Å². The van der Waals surface area contributed by atoms with Gasteiger partial charge in [-0.05, 0) is 19.9 Å². The van der Waals surface area contributed by atoms with E-state index in [-0.39, 0.29) is 11.7 Å². The number of hydrogen-bond donors (Lipinski definition) is 0. The van der Waals surface area contributed by atoms with Gasteiger partial charge in [-0.15, -0.1) is 0 Å². The van der Waals surface area contributed by atoms with E-state index in [4.69, 9.17) is 5.26 Å². The molecular formula is C14H15N5O2. The molecule has 0 bridgehead atoms. The van der Waals surface area contributed by atoms with Gasteiger partial charge in [-0.3, -0.25) is 10.1 Å². The van der Waals surface area contributed by atoms with E-state index in [1.807, 2.05) is 18.7 Å². The summed E-state index contributed by atoms with van der Waals surface area (Å²) in [4.78, 5) is 20.9. The fourth-order valence-electron chi connectivity index (χ4n) is 2.15. The highest BCUT2D eigenvalue weighted by Crippen LogP contribution is 2.28. The third-order valence-electron chi connectivity index (χ3n) is 3.17. The first-order chi connectivity index (χ1) is 10.0.